The summed E-state index contributed by atoms with van der Waals surface area (Å²) in [6.07, 6.45) is 3.24. The van der Waals surface area contributed by atoms with Crippen molar-refractivity contribution < 1.29 is 17.9 Å². The topological polar surface area (TPSA) is 79.5 Å². The Labute approximate surface area is 157 Å². The van der Waals surface area contributed by atoms with Crippen LogP contribution in [0.25, 0.3) is 10.9 Å². The van der Waals surface area contributed by atoms with Crippen molar-refractivity contribution in [1.29, 1.82) is 0 Å². The summed E-state index contributed by atoms with van der Waals surface area (Å²) in [5.41, 5.74) is 1.24. The zero-order chi connectivity index (χ0) is 18.4. The van der Waals surface area contributed by atoms with Gasteiger partial charge in [-0.15, -0.1) is 0 Å². The standard InChI is InChI=1S/C18H21ClN2O4S/c19-14-1-2-15-13(11-20-16(15)10-14)9-17(22)21-5-3-18(25-7-6-21)4-8-26(23,24)12-18/h1-2,10-11,20H,3-9,12H2. The lowest BCUT2D eigenvalue weighted by molar-refractivity contribution is -0.130. The normalized spacial score (nSPS) is 25.7. The second-order valence-electron chi connectivity index (χ2n) is 7.18. The van der Waals surface area contributed by atoms with Gasteiger partial charge in [-0.05, 0) is 30.5 Å². The lowest BCUT2D eigenvalue weighted by Gasteiger charge is -2.25. The second kappa shape index (κ2) is 6.55. The van der Waals surface area contributed by atoms with Gasteiger partial charge in [-0.1, -0.05) is 17.7 Å². The molecule has 2 saturated heterocycles. The van der Waals surface area contributed by atoms with Gasteiger partial charge in [-0.25, -0.2) is 8.42 Å². The molecule has 0 bridgehead atoms. The smallest absolute Gasteiger partial charge is 0.227 e. The highest BCUT2D eigenvalue weighted by Gasteiger charge is 2.44. The molecule has 1 atom stereocenters. The molecule has 1 unspecified atom stereocenters. The third kappa shape index (κ3) is 3.48. The van der Waals surface area contributed by atoms with Crippen molar-refractivity contribution >= 4 is 38.2 Å². The van der Waals surface area contributed by atoms with Gasteiger partial charge in [-0.2, -0.15) is 0 Å². The molecule has 1 N–H and O–H groups in total. The first-order valence-electron chi connectivity index (χ1n) is 8.74. The number of hydrogen-bond donors (Lipinski definition) is 1. The van der Waals surface area contributed by atoms with Crippen LogP contribution in [0.15, 0.2) is 24.4 Å². The van der Waals surface area contributed by atoms with E-state index in [2.05, 4.69) is 4.98 Å². The van der Waals surface area contributed by atoms with Gasteiger partial charge >= 0.3 is 0 Å². The summed E-state index contributed by atoms with van der Waals surface area (Å²) in [5.74, 6) is 0.284. The first-order chi connectivity index (χ1) is 12.4. The van der Waals surface area contributed by atoms with Crippen molar-refractivity contribution in [3.8, 4) is 0 Å². The molecule has 1 aromatic carbocycles. The quantitative estimate of drug-likeness (QED) is 0.843. The Hall–Kier alpha value is -1.57. The van der Waals surface area contributed by atoms with Gasteiger partial charge < -0.3 is 14.6 Å². The third-order valence-corrected chi connectivity index (χ3v) is 7.41. The highest BCUT2D eigenvalue weighted by molar-refractivity contribution is 7.91. The predicted molar refractivity (Wildman–Crippen MR) is 100 cm³/mol. The van der Waals surface area contributed by atoms with Crippen LogP contribution in [0.1, 0.15) is 18.4 Å². The maximum atomic E-state index is 12.8. The number of aromatic nitrogens is 1. The van der Waals surface area contributed by atoms with Crippen LogP contribution in [0.3, 0.4) is 0 Å². The molecule has 6 nitrogen and oxygen atoms in total. The predicted octanol–water partition coefficient (Wildman–Crippen LogP) is 2.17. The van der Waals surface area contributed by atoms with E-state index in [1.807, 2.05) is 24.4 Å². The fraction of sp³-hybridized carbons (Fsp3) is 0.500. The fourth-order valence-electron chi connectivity index (χ4n) is 3.92. The van der Waals surface area contributed by atoms with E-state index >= 15 is 0 Å². The van der Waals surface area contributed by atoms with Gasteiger partial charge in [0.1, 0.15) is 0 Å². The van der Waals surface area contributed by atoms with Crippen molar-refractivity contribution in [3.63, 3.8) is 0 Å². The molecule has 0 aliphatic carbocycles. The van der Waals surface area contributed by atoms with Crippen LogP contribution < -0.4 is 0 Å². The van der Waals surface area contributed by atoms with Crippen molar-refractivity contribution in [3.05, 3.63) is 35.0 Å². The number of aromatic amines is 1. The third-order valence-electron chi connectivity index (χ3n) is 5.38. The number of benzene rings is 1. The largest absolute Gasteiger partial charge is 0.372 e. The van der Waals surface area contributed by atoms with Gasteiger partial charge in [0.2, 0.25) is 5.91 Å². The lowest BCUT2D eigenvalue weighted by Crippen LogP contribution is -2.36. The molecule has 26 heavy (non-hydrogen) atoms. The van der Waals surface area contributed by atoms with Crippen LogP contribution >= 0.6 is 11.6 Å². The van der Waals surface area contributed by atoms with Gasteiger partial charge in [0.25, 0.3) is 0 Å². The Bertz CT molecular complexity index is 955. The van der Waals surface area contributed by atoms with E-state index in [-0.39, 0.29) is 17.4 Å². The minimum Gasteiger partial charge on any atom is -0.372 e. The molecule has 1 aromatic heterocycles. The number of nitrogens with one attached hydrogen (secondary N) is 1. The van der Waals surface area contributed by atoms with Crippen molar-refractivity contribution in [2.24, 2.45) is 0 Å². The van der Waals surface area contributed by atoms with E-state index in [0.29, 0.717) is 44.0 Å². The Morgan fingerprint density at radius 1 is 1.31 bits per heavy atom. The SMILES string of the molecule is O=C(Cc1c[nH]c2cc(Cl)ccc12)N1CCOC2(CC1)CCS(=O)(=O)C2. The molecule has 1 amide bonds. The summed E-state index contributed by atoms with van der Waals surface area (Å²) in [5, 5.41) is 1.64. The zero-order valence-electron chi connectivity index (χ0n) is 14.3. The number of H-pyrrole nitrogens is 1. The van der Waals surface area contributed by atoms with E-state index in [9.17, 15) is 13.2 Å². The molecule has 4 rings (SSSR count). The maximum Gasteiger partial charge on any atom is 0.227 e. The van der Waals surface area contributed by atoms with E-state index in [0.717, 1.165) is 16.5 Å². The van der Waals surface area contributed by atoms with Crippen molar-refractivity contribution in [1.82, 2.24) is 9.88 Å². The van der Waals surface area contributed by atoms with Crippen LogP contribution in [-0.4, -0.2) is 61.0 Å². The average Bonchev–Trinajstić information content (AvgIpc) is 3.02. The first kappa shape index (κ1) is 17.8. The summed E-state index contributed by atoms with van der Waals surface area (Å²) >= 11 is 6.00. The van der Waals surface area contributed by atoms with Crippen LogP contribution in [-0.2, 0) is 25.8 Å². The van der Waals surface area contributed by atoms with Gasteiger partial charge in [-0.3, -0.25) is 4.79 Å². The number of fused-ring (bicyclic) bond motifs is 1. The van der Waals surface area contributed by atoms with Gasteiger partial charge in [0.05, 0.1) is 30.1 Å². The Kier molecular flexibility index (Phi) is 4.49. The summed E-state index contributed by atoms with van der Waals surface area (Å²) in [7, 11) is -3.02. The number of carbonyl (C=O) groups excluding carboxylic acids is 1. The number of hydrogen-bond acceptors (Lipinski definition) is 4. The second-order valence-corrected chi connectivity index (χ2v) is 9.81. The molecule has 1 spiro atoms. The van der Waals surface area contributed by atoms with E-state index in [1.165, 1.54) is 0 Å². The Morgan fingerprint density at radius 3 is 2.92 bits per heavy atom. The van der Waals surface area contributed by atoms with E-state index in [1.54, 1.807) is 4.90 Å². The average molecular weight is 397 g/mol. The highest BCUT2D eigenvalue weighted by atomic mass is 35.5. The lowest BCUT2D eigenvalue weighted by atomic mass is 9.99. The van der Waals surface area contributed by atoms with Gasteiger partial charge in [0.15, 0.2) is 9.84 Å². The maximum absolute atomic E-state index is 12.8. The van der Waals surface area contributed by atoms with Crippen LogP contribution in [0.4, 0.5) is 0 Å². The molecule has 2 aliphatic rings. The van der Waals surface area contributed by atoms with Crippen molar-refractivity contribution in [2.45, 2.75) is 24.9 Å². The van der Waals surface area contributed by atoms with Crippen LogP contribution in [0.2, 0.25) is 5.02 Å². The van der Waals surface area contributed by atoms with Crippen LogP contribution in [0, 0.1) is 0 Å². The fourth-order valence-corrected chi connectivity index (χ4v) is 6.09. The minimum atomic E-state index is -3.02. The molecule has 8 heteroatoms. The Morgan fingerprint density at radius 2 is 2.15 bits per heavy atom. The summed E-state index contributed by atoms with van der Waals surface area (Å²) in [4.78, 5) is 17.7. The monoisotopic (exact) mass is 396 g/mol. The number of amides is 1. The number of ether oxygens (including phenoxy) is 1. The van der Waals surface area contributed by atoms with Crippen molar-refractivity contribution in [2.75, 3.05) is 31.2 Å². The number of halogens is 1. The molecule has 0 radical (unpaired) electrons. The summed E-state index contributed by atoms with van der Waals surface area (Å²) in [6, 6.07) is 5.57. The zero-order valence-corrected chi connectivity index (χ0v) is 15.9. The summed E-state index contributed by atoms with van der Waals surface area (Å²) in [6.45, 7) is 1.40. The summed E-state index contributed by atoms with van der Waals surface area (Å²) < 4.78 is 29.5. The number of carbonyl (C=O) groups is 1. The number of rotatable bonds is 2. The molecule has 2 aliphatic heterocycles. The molecule has 3 heterocycles. The minimum absolute atomic E-state index is 0.0300. The molecule has 140 valence electrons. The van der Waals surface area contributed by atoms with Crippen LogP contribution in [0.5, 0.6) is 0 Å². The molecule has 0 saturated carbocycles. The van der Waals surface area contributed by atoms with E-state index in [4.69, 9.17) is 16.3 Å². The number of sulfone groups is 1. The van der Waals surface area contributed by atoms with E-state index < -0.39 is 15.4 Å². The first-order valence-corrected chi connectivity index (χ1v) is 10.9. The molecule has 2 aromatic rings. The molecular formula is C18H21ClN2O4S. The molecule has 2 fully saturated rings. The number of nitrogens with zero attached hydrogens (tertiary/aromatic N) is 1. The molecular weight excluding hydrogens is 376 g/mol. The Balaban J connectivity index is 1.45. The van der Waals surface area contributed by atoms with Gasteiger partial charge in [0, 0.05) is 35.2 Å². The highest BCUT2D eigenvalue weighted by Crippen LogP contribution is 2.32.